The van der Waals surface area contributed by atoms with Crippen LogP contribution >= 0.6 is 0 Å². The summed E-state index contributed by atoms with van der Waals surface area (Å²) in [7, 11) is 0. The fraction of sp³-hybridized carbons (Fsp3) is 0.364. The van der Waals surface area contributed by atoms with E-state index in [0.717, 1.165) is 0 Å². The van der Waals surface area contributed by atoms with Gasteiger partial charge in [0.1, 0.15) is 6.54 Å². The SMILES string of the molecule is CC(O)c1ccccc1NC(=O)NCC(F)(F)F. The second-order valence-corrected chi connectivity index (χ2v) is 3.69. The molecule has 7 heteroatoms. The molecule has 0 saturated heterocycles. The van der Waals surface area contributed by atoms with Crippen LogP contribution in [-0.2, 0) is 0 Å². The van der Waals surface area contributed by atoms with Crippen LogP contribution in [0, 0.1) is 0 Å². The zero-order chi connectivity index (χ0) is 13.8. The van der Waals surface area contributed by atoms with Gasteiger partial charge >= 0.3 is 12.2 Å². The van der Waals surface area contributed by atoms with E-state index in [1.165, 1.54) is 13.0 Å². The highest BCUT2D eigenvalue weighted by atomic mass is 19.4. The standard InChI is InChI=1S/C11H13F3N2O2/c1-7(17)8-4-2-3-5-9(8)16-10(18)15-6-11(12,13)14/h2-5,7,17H,6H2,1H3,(H2,15,16,18). The number of benzene rings is 1. The molecule has 0 fully saturated rings. The third-order valence-electron chi connectivity index (χ3n) is 2.11. The summed E-state index contributed by atoms with van der Waals surface area (Å²) in [6.07, 6.45) is -5.29. The van der Waals surface area contributed by atoms with Crippen molar-refractivity contribution in [3.63, 3.8) is 0 Å². The molecule has 18 heavy (non-hydrogen) atoms. The second-order valence-electron chi connectivity index (χ2n) is 3.69. The van der Waals surface area contributed by atoms with Gasteiger partial charge in [0.15, 0.2) is 0 Å². The van der Waals surface area contributed by atoms with Crippen LogP contribution in [0.5, 0.6) is 0 Å². The lowest BCUT2D eigenvalue weighted by atomic mass is 10.1. The number of urea groups is 1. The van der Waals surface area contributed by atoms with E-state index in [4.69, 9.17) is 0 Å². The number of carbonyl (C=O) groups excluding carboxylic acids is 1. The van der Waals surface area contributed by atoms with Gasteiger partial charge in [0.05, 0.1) is 6.10 Å². The van der Waals surface area contributed by atoms with Crippen molar-refractivity contribution in [3.8, 4) is 0 Å². The smallest absolute Gasteiger partial charge is 0.389 e. The minimum atomic E-state index is -4.46. The molecule has 0 aliphatic carbocycles. The fourth-order valence-corrected chi connectivity index (χ4v) is 1.32. The predicted molar refractivity (Wildman–Crippen MR) is 60.2 cm³/mol. The van der Waals surface area contributed by atoms with Crippen molar-refractivity contribution in [2.45, 2.75) is 19.2 Å². The van der Waals surface area contributed by atoms with Crippen LogP contribution < -0.4 is 10.6 Å². The molecule has 3 N–H and O–H groups in total. The molecule has 1 aromatic carbocycles. The van der Waals surface area contributed by atoms with Gasteiger partial charge in [0.25, 0.3) is 0 Å². The Balaban J connectivity index is 2.65. The van der Waals surface area contributed by atoms with Gasteiger partial charge in [-0.25, -0.2) is 4.79 Å². The summed E-state index contributed by atoms with van der Waals surface area (Å²) in [4.78, 5) is 11.2. The molecule has 1 atom stereocenters. The summed E-state index contributed by atoms with van der Waals surface area (Å²) >= 11 is 0. The van der Waals surface area contributed by atoms with Crippen molar-refractivity contribution in [2.24, 2.45) is 0 Å². The van der Waals surface area contributed by atoms with E-state index in [1.807, 2.05) is 0 Å². The maximum absolute atomic E-state index is 11.9. The topological polar surface area (TPSA) is 61.4 Å². The number of halogens is 3. The van der Waals surface area contributed by atoms with Gasteiger partial charge in [-0.05, 0) is 13.0 Å². The van der Waals surface area contributed by atoms with Crippen LogP contribution in [0.25, 0.3) is 0 Å². The first-order valence-corrected chi connectivity index (χ1v) is 5.18. The number of amides is 2. The Hall–Kier alpha value is -1.76. The van der Waals surface area contributed by atoms with Crippen molar-refractivity contribution in [1.82, 2.24) is 5.32 Å². The minimum Gasteiger partial charge on any atom is -0.389 e. The van der Waals surface area contributed by atoms with Crippen molar-refractivity contribution >= 4 is 11.7 Å². The normalized spacial score (nSPS) is 12.9. The highest BCUT2D eigenvalue weighted by Gasteiger charge is 2.27. The molecule has 1 rings (SSSR count). The van der Waals surface area contributed by atoms with E-state index < -0.39 is 24.9 Å². The zero-order valence-corrected chi connectivity index (χ0v) is 9.58. The summed E-state index contributed by atoms with van der Waals surface area (Å²) in [6.45, 7) is 0.0871. The number of nitrogens with one attached hydrogen (secondary N) is 2. The Morgan fingerprint density at radius 2 is 2.00 bits per heavy atom. The lowest BCUT2D eigenvalue weighted by molar-refractivity contribution is -0.122. The molecular formula is C11H13F3N2O2. The molecule has 1 aromatic rings. The molecule has 100 valence electrons. The van der Waals surface area contributed by atoms with Gasteiger partial charge in [-0.15, -0.1) is 0 Å². The van der Waals surface area contributed by atoms with Crippen LogP contribution in [0.1, 0.15) is 18.6 Å². The van der Waals surface area contributed by atoms with Crippen LogP contribution in [0.3, 0.4) is 0 Å². The molecule has 0 bridgehead atoms. The van der Waals surface area contributed by atoms with Crippen LogP contribution in [0.15, 0.2) is 24.3 Å². The van der Waals surface area contributed by atoms with Crippen molar-refractivity contribution in [2.75, 3.05) is 11.9 Å². The molecule has 1 unspecified atom stereocenters. The number of hydrogen-bond donors (Lipinski definition) is 3. The van der Waals surface area contributed by atoms with E-state index in [-0.39, 0.29) is 5.69 Å². The van der Waals surface area contributed by atoms with E-state index in [9.17, 15) is 23.1 Å². The minimum absolute atomic E-state index is 0.271. The number of para-hydroxylation sites is 1. The summed E-state index contributed by atoms with van der Waals surface area (Å²) in [6, 6.07) is 5.35. The predicted octanol–water partition coefficient (Wildman–Crippen LogP) is 2.42. The van der Waals surface area contributed by atoms with Crippen LogP contribution in [-0.4, -0.2) is 23.9 Å². The molecule has 0 aromatic heterocycles. The molecule has 0 aliphatic rings. The Bertz CT molecular complexity index is 419. The number of anilines is 1. The molecular weight excluding hydrogens is 249 g/mol. The van der Waals surface area contributed by atoms with Crippen molar-refractivity contribution in [3.05, 3.63) is 29.8 Å². The third-order valence-corrected chi connectivity index (χ3v) is 2.11. The Labute approximate surface area is 102 Å². The number of aliphatic hydroxyl groups is 1. The number of carbonyl (C=O) groups is 1. The van der Waals surface area contributed by atoms with E-state index in [0.29, 0.717) is 5.56 Å². The number of rotatable bonds is 3. The maximum atomic E-state index is 11.9. The first-order chi connectivity index (χ1) is 8.29. The highest BCUT2D eigenvalue weighted by Crippen LogP contribution is 2.22. The number of hydrogen-bond acceptors (Lipinski definition) is 2. The lowest BCUT2D eigenvalue weighted by Gasteiger charge is -2.14. The molecule has 0 radical (unpaired) electrons. The number of aliphatic hydroxyl groups excluding tert-OH is 1. The van der Waals surface area contributed by atoms with Crippen molar-refractivity contribution in [1.29, 1.82) is 0 Å². The van der Waals surface area contributed by atoms with Gasteiger partial charge in [-0.3, -0.25) is 0 Å². The van der Waals surface area contributed by atoms with E-state index in [1.54, 1.807) is 23.5 Å². The van der Waals surface area contributed by atoms with Gasteiger partial charge in [-0.2, -0.15) is 13.2 Å². The Morgan fingerprint density at radius 3 is 2.56 bits per heavy atom. The van der Waals surface area contributed by atoms with Gasteiger partial charge in [0.2, 0.25) is 0 Å². The summed E-state index contributed by atoms with van der Waals surface area (Å²) < 4.78 is 35.6. The molecule has 0 aliphatic heterocycles. The van der Waals surface area contributed by atoms with Gasteiger partial charge in [0, 0.05) is 11.3 Å². The largest absolute Gasteiger partial charge is 0.405 e. The average molecular weight is 262 g/mol. The Morgan fingerprint density at radius 1 is 1.39 bits per heavy atom. The Kier molecular flexibility index (Phi) is 4.55. The molecule has 0 spiro atoms. The van der Waals surface area contributed by atoms with E-state index >= 15 is 0 Å². The second kappa shape index (κ2) is 5.72. The maximum Gasteiger partial charge on any atom is 0.405 e. The van der Waals surface area contributed by atoms with Gasteiger partial charge < -0.3 is 15.7 Å². The van der Waals surface area contributed by atoms with Crippen molar-refractivity contribution < 1.29 is 23.1 Å². The molecule has 4 nitrogen and oxygen atoms in total. The lowest BCUT2D eigenvalue weighted by Crippen LogP contribution is -2.36. The monoisotopic (exact) mass is 262 g/mol. The fourth-order valence-electron chi connectivity index (χ4n) is 1.32. The van der Waals surface area contributed by atoms with Crippen LogP contribution in [0.2, 0.25) is 0 Å². The average Bonchev–Trinajstić information content (AvgIpc) is 2.26. The first kappa shape index (κ1) is 14.3. The summed E-state index contributed by atoms with van der Waals surface area (Å²) in [5, 5.41) is 13.4. The highest BCUT2D eigenvalue weighted by molar-refractivity contribution is 5.90. The summed E-state index contributed by atoms with van der Waals surface area (Å²) in [5.41, 5.74) is 0.701. The summed E-state index contributed by atoms with van der Waals surface area (Å²) in [5.74, 6) is 0. The quantitative estimate of drug-likeness (QED) is 0.783. The first-order valence-electron chi connectivity index (χ1n) is 5.18. The van der Waals surface area contributed by atoms with Crippen LogP contribution in [0.4, 0.5) is 23.7 Å². The van der Waals surface area contributed by atoms with E-state index in [2.05, 4.69) is 5.32 Å². The third kappa shape index (κ3) is 4.62. The molecule has 0 heterocycles. The number of alkyl halides is 3. The molecule has 0 saturated carbocycles. The zero-order valence-electron chi connectivity index (χ0n) is 9.58. The molecule has 2 amide bonds. The van der Waals surface area contributed by atoms with Gasteiger partial charge in [-0.1, -0.05) is 18.2 Å².